The molecule has 3 aliphatic rings. The van der Waals surface area contributed by atoms with Gasteiger partial charge in [0.1, 0.15) is 5.75 Å². The summed E-state index contributed by atoms with van der Waals surface area (Å²) in [6.45, 7) is 5.17. The molecule has 2 unspecified atom stereocenters. The normalized spacial score (nSPS) is 27.0. The molecule has 0 saturated carbocycles. The highest BCUT2D eigenvalue weighted by Crippen LogP contribution is 2.27. The Kier molecular flexibility index (Phi) is 4.15. The highest BCUT2D eigenvalue weighted by molar-refractivity contribution is 5.84. The second kappa shape index (κ2) is 6.44. The molecule has 0 radical (unpaired) electrons. The first kappa shape index (κ1) is 15.5. The van der Waals surface area contributed by atoms with Gasteiger partial charge in [-0.2, -0.15) is 0 Å². The van der Waals surface area contributed by atoms with E-state index in [4.69, 9.17) is 4.74 Å². The predicted molar refractivity (Wildman–Crippen MR) is 95.1 cm³/mol. The van der Waals surface area contributed by atoms with Gasteiger partial charge in [0, 0.05) is 12.6 Å². The molecule has 5 rings (SSSR count). The molecular weight excluding hydrogens is 300 g/mol. The molecule has 126 valence electrons. The Hall–Kier alpha value is -2.07. The van der Waals surface area contributed by atoms with E-state index >= 15 is 0 Å². The summed E-state index contributed by atoms with van der Waals surface area (Å²) < 4.78 is 5.88. The molecule has 24 heavy (non-hydrogen) atoms. The number of hydrogen-bond donors (Lipinski definition) is 1. The first-order valence-corrected chi connectivity index (χ1v) is 8.87. The van der Waals surface area contributed by atoms with Gasteiger partial charge in [-0.25, -0.2) is 0 Å². The second-order valence-corrected chi connectivity index (χ2v) is 7.02. The molecule has 3 fully saturated rings. The number of nitrogens with zero attached hydrogens (tertiary/aromatic N) is 1. The van der Waals surface area contributed by atoms with Gasteiger partial charge in [0.15, 0.2) is 6.10 Å². The maximum atomic E-state index is 12.5. The van der Waals surface area contributed by atoms with Crippen LogP contribution in [0.2, 0.25) is 0 Å². The van der Waals surface area contributed by atoms with E-state index in [-0.39, 0.29) is 11.9 Å². The molecule has 3 aliphatic heterocycles. The maximum Gasteiger partial charge on any atom is 0.261 e. The van der Waals surface area contributed by atoms with E-state index < -0.39 is 6.10 Å². The van der Waals surface area contributed by atoms with Crippen molar-refractivity contribution >= 4 is 16.7 Å². The zero-order chi connectivity index (χ0) is 16.5. The van der Waals surface area contributed by atoms with Crippen LogP contribution in [0.1, 0.15) is 19.8 Å². The van der Waals surface area contributed by atoms with Gasteiger partial charge in [0.25, 0.3) is 5.91 Å². The number of benzene rings is 2. The van der Waals surface area contributed by atoms with Gasteiger partial charge in [-0.3, -0.25) is 4.79 Å². The molecule has 0 aliphatic carbocycles. The third kappa shape index (κ3) is 3.11. The van der Waals surface area contributed by atoms with Crippen LogP contribution < -0.4 is 10.1 Å². The van der Waals surface area contributed by atoms with Gasteiger partial charge in [0.2, 0.25) is 0 Å². The Morgan fingerprint density at radius 2 is 1.92 bits per heavy atom. The second-order valence-electron chi connectivity index (χ2n) is 7.02. The van der Waals surface area contributed by atoms with Gasteiger partial charge in [-0.1, -0.05) is 30.3 Å². The summed E-state index contributed by atoms with van der Waals surface area (Å²) >= 11 is 0. The quantitative estimate of drug-likeness (QED) is 0.940. The first-order valence-electron chi connectivity index (χ1n) is 8.87. The van der Waals surface area contributed by atoms with Crippen LogP contribution in [0.25, 0.3) is 10.8 Å². The van der Waals surface area contributed by atoms with Crippen LogP contribution in [0.4, 0.5) is 0 Å². The lowest BCUT2D eigenvalue weighted by atomic mass is 9.84. The number of rotatable bonds is 4. The molecule has 0 aromatic heterocycles. The fourth-order valence-corrected chi connectivity index (χ4v) is 3.93. The number of carbonyl (C=O) groups is 1. The van der Waals surface area contributed by atoms with Crippen LogP contribution in [0.5, 0.6) is 5.75 Å². The van der Waals surface area contributed by atoms with E-state index in [0.717, 1.165) is 17.7 Å². The van der Waals surface area contributed by atoms with E-state index in [1.165, 1.54) is 31.3 Å². The van der Waals surface area contributed by atoms with Gasteiger partial charge >= 0.3 is 0 Å². The van der Waals surface area contributed by atoms with Crippen molar-refractivity contribution < 1.29 is 9.53 Å². The standard InChI is InChI=1S/C20H24N2O2/c1-14(20(23)21-19-13-22-10-8-16(19)9-11-22)24-18-7-6-15-4-2-3-5-17(15)12-18/h2-7,12,14,16,19H,8-11,13H2,1H3,(H,21,23). The molecule has 0 spiro atoms. The average molecular weight is 324 g/mol. The smallest absolute Gasteiger partial charge is 0.261 e. The molecule has 4 heteroatoms. The van der Waals surface area contributed by atoms with Crippen molar-refractivity contribution in [1.29, 1.82) is 0 Å². The Labute approximate surface area is 142 Å². The molecule has 2 bridgehead atoms. The van der Waals surface area contributed by atoms with Crippen molar-refractivity contribution in [3.05, 3.63) is 42.5 Å². The van der Waals surface area contributed by atoms with Crippen LogP contribution in [-0.2, 0) is 4.79 Å². The third-order valence-electron chi connectivity index (χ3n) is 5.39. The number of hydrogen-bond acceptors (Lipinski definition) is 3. The summed E-state index contributed by atoms with van der Waals surface area (Å²) in [4.78, 5) is 14.9. The van der Waals surface area contributed by atoms with E-state index in [1.807, 2.05) is 37.3 Å². The van der Waals surface area contributed by atoms with Crippen LogP contribution in [0.3, 0.4) is 0 Å². The molecule has 3 saturated heterocycles. The van der Waals surface area contributed by atoms with E-state index in [1.54, 1.807) is 0 Å². The maximum absolute atomic E-state index is 12.5. The van der Waals surface area contributed by atoms with E-state index in [9.17, 15) is 4.79 Å². The largest absolute Gasteiger partial charge is 0.481 e. The predicted octanol–water partition coefficient (Wildman–Crippen LogP) is 2.82. The van der Waals surface area contributed by atoms with E-state index in [2.05, 4.69) is 22.3 Å². The van der Waals surface area contributed by atoms with Gasteiger partial charge in [-0.05, 0) is 61.7 Å². The van der Waals surface area contributed by atoms with Crippen molar-refractivity contribution in [3.63, 3.8) is 0 Å². The molecule has 3 heterocycles. The summed E-state index contributed by atoms with van der Waals surface area (Å²) in [6, 6.07) is 14.4. The number of fused-ring (bicyclic) bond motifs is 4. The number of nitrogens with one attached hydrogen (secondary N) is 1. The number of ether oxygens (including phenoxy) is 1. The van der Waals surface area contributed by atoms with Crippen LogP contribution in [0.15, 0.2) is 42.5 Å². The third-order valence-corrected chi connectivity index (χ3v) is 5.39. The van der Waals surface area contributed by atoms with Crippen LogP contribution in [-0.4, -0.2) is 42.6 Å². The zero-order valence-corrected chi connectivity index (χ0v) is 14.1. The highest BCUT2D eigenvalue weighted by Gasteiger charge is 2.35. The Bertz CT molecular complexity index is 737. The number of amides is 1. The molecule has 1 amide bonds. The lowest BCUT2D eigenvalue weighted by Gasteiger charge is -2.45. The molecule has 2 atom stereocenters. The van der Waals surface area contributed by atoms with Crippen molar-refractivity contribution in [2.45, 2.75) is 31.9 Å². The van der Waals surface area contributed by atoms with Gasteiger partial charge in [-0.15, -0.1) is 0 Å². The number of piperidine rings is 3. The summed E-state index contributed by atoms with van der Waals surface area (Å²) in [5.74, 6) is 1.36. The monoisotopic (exact) mass is 324 g/mol. The summed E-state index contributed by atoms with van der Waals surface area (Å²) in [5, 5.41) is 5.50. The van der Waals surface area contributed by atoms with E-state index in [0.29, 0.717) is 5.92 Å². The van der Waals surface area contributed by atoms with Crippen LogP contribution in [0, 0.1) is 5.92 Å². The van der Waals surface area contributed by atoms with Crippen molar-refractivity contribution in [1.82, 2.24) is 10.2 Å². The molecule has 4 nitrogen and oxygen atoms in total. The fraction of sp³-hybridized carbons (Fsp3) is 0.450. The fourth-order valence-electron chi connectivity index (χ4n) is 3.93. The SMILES string of the molecule is CC(Oc1ccc2ccccc2c1)C(=O)NC1CN2CCC1CC2. The molecule has 2 aromatic carbocycles. The zero-order valence-electron chi connectivity index (χ0n) is 14.1. The van der Waals surface area contributed by atoms with Crippen molar-refractivity contribution in [2.75, 3.05) is 19.6 Å². The highest BCUT2D eigenvalue weighted by atomic mass is 16.5. The minimum atomic E-state index is -0.485. The Morgan fingerprint density at radius 3 is 2.62 bits per heavy atom. The number of carbonyl (C=O) groups excluding carboxylic acids is 1. The average Bonchev–Trinajstić information content (AvgIpc) is 2.62. The minimum absolute atomic E-state index is 0.0121. The summed E-state index contributed by atoms with van der Waals surface area (Å²) in [5.41, 5.74) is 0. The first-order chi connectivity index (χ1) is 11.7. The van der Waals surface area contributed by atoms with Gasteiger partial charge in [0.05, 0.1) is 0 Å². The van der Waals surface area contributed by atoms with Crippen molar-refractivity contribution in [3.8, 4) is 5.75 Å². The lowest BCUT2D eigenvalue weighted by Crippen LogP contribution is -2.58. The van der Waals surface area contributed by atoms with Crippen LogP contribution >= 0.6 is 0 Å². The Morgan fingerprint density at radius 1 is 1.17 bits per heavy atom. The summed E-state index contributed by atoms with van der Waals surface area (Å²) in [7, 11) is 0. The topological polar surface area (TPSA) is 41.6 Å². The molecule has 1 N–H and O–H groups in total. The molecule has 2 aromatic rings. The minimum Gasteiger partial charge on any atom is -0.481 e. The molecular formula is C20H24N2O2. The van der Waals surface area contributed by atoms with Gasteiger partial charge < -0.3 is 15.0 Å². The van der Waals surface area contributed by atoms with Crippen molar-refractivity contribution in [2.24, 2.45) is 5.92 Å². The summed E-state index contributed by atoms with van der Waals surface area (Å²) in [6.07, 6.45) is 1.91. The lowest BCUT2D eigenvalue weighted by molar-refractivity contribution is -0.129. The Balaban J connectivity index is 1.39.